The Morgan fingerprint density at radius 1 is 0.704 bits per heavy atom. The van der Waals surface area contributed by atoms with Gasteiger partial charge in [-0.25, -0.2) is 0 Å². The van der Waals surface area contributed by atoms with Gasteiger partial charge < -0.3 is 14.4 Å². The zero-order valence-electron chi connectivity index (χ0n) is 15.3. The van der Waals surface area contributed by atoms with Crippen molar-refractivity contribution in [1.82, 2.24) is 0 Å². The number of nitrogens with zero attached hydrogens (tertiary/aromatic N) is 2. The molecule has 134 valence electrons. The predicted octanol–water partition coefficient (Wildman–Crippen LogP) is 5.71. The number of allylic oxidation sites excluding steroid dienone is 1. The highest BCUT2D eigenvalue weighted by Crippen LogP contribution is 2.36. The second-order valence-corrected chi connectivity index (χ2v) is 5.79. The van der Waals surface area contributed by atoms with Crippen LogP contribution in [-0.4, -0.2) is 14.2 Å². The fraction of sp³-hybridized carbons (Fsp3) is 0.0870. The van der Waals surface area contributed by atoms with Crippen LogP contribution in [0.2, 0.25) is 0 Å². The number of anilines is 3. The van der Waals surface area contributed by atoms with Crippen LogP contribution in [0, 0.1) is 11.3 Å². The molecule has 0 spiro atoms. The lowest BCUT2D eigenvalue weighted by Gasteiger charge is -2.26. The highest BCUT2D eigenvalue weighted by Gasteiger charge is 2.12. The molecule has 3 rings (SSSR count). The van der Waals surface area contributed by atoms with E-state index in [9.17, 15) is 0 Å². The van der Waals surface area contributed by atoms with Crippen molar-refractivity contribution < 1.29 is 9.47 Å². The van der Waals surface area contributed by atoms with Crippen LogP contribution < -0.4 is 14.4 Å². The minimum absolute atomic E-state index is 0.811. The number of hydrogen-bond acceptors (Lipinski definition) is 4. The Kier molecular flexibility index (Phi) is 5.76. The molecule has 27 heavy (non-hydrogen) atoms. The number of hydrogen-bond donors (Lipinski definition) is 0. The number of nitriles is 1. The fourth-order valence-corrected chi connectivity index (χ4v) is 2.78. The lowest BCUT2D eigenvalue weighted by atomic mass is 10.1. The highest BCUT2D eigenvalue weighted by molar-refractivity contribution is 5.77. The molecule has 0 aliphatic heterocycles. The minimum atomic E-state index is 0.811. The van der Waals surface area contributed by atoms with E-state index in [0.29, 0.717) is 0 Å². The van der Waals surface area contributed by atoms with Crippen LogP contribution in [0.5, 0.6) is 11.5 Å². The van der Waals surface area contributed by atoms with Crippen molar-refractivity contribution >= 4 is 23.1 Å². The second-order valence-electron chi connectivity index (χ2n) is 5.79. The van der Waals surface area contributed by atoms with Crippen molar-refractivity contribution in [3.63, 3.8) is 0 Å². The van der Waals surface area contributed by atoms with Crippen LogP contribution in [0.3, 0.4) is 0 Å². The van der Waals surface area contributed by atoms with Crippen LogP contribution in [0.4, 0.5) is 17.1 Å². The normalized spacial score (nSPS) is 10.4. The van der Waals surface area contributed by atoms with Crippen LogP contribution in [0.15, 0.2) is 78.9 Å². The van der Waals surface area contributed by atoms with Gasteiger partial charge in [-0.3, -0.25) is 0 Å². The fourth-order valence-electron chi connectivity index (χ4n) is 2.78. The summed E-state index contributed by atoms with van der Waals surface area (Å²) in [7, 11) is 3.31. The molecule has 0 radical (unpaired) electrons. The molecule has 0 heterocycles. The molecule has 0 bridgehead atoms. The van der Waals surface area contributed by atoms with Gasteiger partial charge in [-0.2, -0.15) is 5.26 Å². The molecule has 0 unspecified atom stereocenters. The van der Waals surface area contributed by atoms with Crippen molar-refractivity contribution in [3.8, 4) is 17.6 Å². The van der Waals surface area contributed by atoms with Crippen LogP contribution in [0.25, 0.3) is 6.08 Å². The number of benzene rings is 3. The van der Waals surface area contributed by atoms with E-state index in [1.54, 1.807) is 20.3 Å². The van der Waals surface area contributed by atoms with Gasteiger partial charge in [0.2, 0.25) is 0 Å². The Hall–Kier alpha value is -3.71. The molecule has 0 atom stereocenters. The Morgan fingerprint density at radius 2 is 1.11 bits per heavy atom. The van der Waals surface area contributed by atoms with E-state index >= 15 is 0 Å². The summed E-state index contributed by atoms with van der Waals surface area (Å²) in [6, 6.07) is 25.9. The van der Waals surface area contributed by atoms with E-state index < -0.39 is 0 Å². The van der Waals surface area contributed by atoms with E-state index in [4.69, 9.17) is 14.7 Å². The maximum absolute atomic E-state index is 8.69. The van der Waals surface area contributed by atoms with Gasteiger partial charge in [-0.1, -0.05) is 12.1 Å². The van der Waals surface area contributed by atoms with Crippen LogP contribution in [-0.2, 0) is 0 Å². The molecule has 0 N–H and O–H groups in total. The lowest BCUT2D eigenvalue weighted by molar-refractivity contribution is 0.415. The first-order chi connectivity index (χ1) is 13.2. The van der Waals surface area contributed by atoms with Gasteiger partial charge in [-0.05, 0) is 72.3 Å². The van der Waals surface area contributed by atoms with Gasteiger partial charge in [0.05, 0.1) is 20.3 Å². The Balaban J connectivity index is 2.02. The summed E-state index contributed by atoms with van der Waals surface area (Å²) in [6.07, 6.45) is 3.26. The zero-order chi connectivity index (χ0) is 19.1. The predicted molar refractivity (Wildman–Crippen MR) is 109 cm³/mol. The summed E-state index contributed by atoms with van der Waals surface area (Å²) in [6.45, 7) is 0. The van der Waals surface area contributed by atoms with Crippen molar-refractivity contribution in [3.05, 3.63) is 84.4 Å². The third-order valence-corrected chi connectivity index (χ3v) is 4.16. The second kappa shape index (κ2) is 8.59. The van der Waals surface area contributed by atoms with Crippen molar-refractivity contribution in [2.45, 2.75) is 0 Å². The SMILES string of the molecule is COc1ccc(N(c2ccc(C=CC#N)cc2)c2ccc(OC)cc2)cc1. The topological polar surface area (TPSA) is 45.5 Å². The van der Waals surface area contributed by atoms with E-state index in [0.717, 1.165) is 34.1 Å². The molecule has 3 aromatic rings. The van der Waals surface area contributed by atoms with E-state index in [2.05, 4.69) is 4.90 Å². The van der Waals surface area contributed by atoms with Gasteiger partial charge >= 0.3 is 0 Å². The average molecular weight is 356 g/mol. The van der Waals surface area contributed by atoms with E-state index in [1.165, 1.54) is 6.08 Å². The van der Waals surface area contributed by atoms with Gasteiger partial charge in [0.25, 0.3) is 0 Å². The van der Waals surface area contributed by atoms with Crippen molar-refractivity contribution in [2.75, 3.05) is 19.1 Å². The molecule has 4 nitrogen and oxygen atoms in total. The molecule has 0 aliphatic carbocycles. The smallest absolute Gasteiger partial charge is 0.119 e. The summed E-state index contributed by atoms with van der Waals surface area (Å²) < 4.78 is 10.5. The molecule has 0 amide bonds. The van der Waals surface area contributed by atoms with Crippen molar-refractivity contribution in [1.29, 1.82) is 5.26 Å². The molecule has 0 aromatic heterocycles. The third kappa shape index (κ3) is 4.28. The van der Waals surface area contributed by atoms with Crippen LogP contribution >= 0.6 is 0 Å². The number of rotatable bonds is 6. The zero-order valence-corrected chi connectivity index (χ0v) is 15.3. The monoisotopic (exact) mass is 356 g/mol. The van der Waals surface area contributed by atoms with Gasteiger partial charge in [0, 0.05) is 23.1 Å². The standard InChI is InChI=1S/C23H20N2O2/c1-26-22-13-9-20(10-14-22)25(21-11-15-23(27-2)16-12-21)19-7-5-18(6-8-19)4-3-17-24/h3-16H,1-2H3. The Bertz CT molecular complexity index is 890. The molecular weight excluding hydrogens is 336 g/mol. The third-order valence-electron chi connectivity index (χ3n) is 4.16. The quantitative estimate of drug-likeness (QED) is 0.531. The summed E-state index contributed by atoms with van der Waals surface area (Å²) >= 11 is 0. The lowest BCUT2D eigenvalue weighted by Crippen LogP contribution is -2.09. The Morgan fingerprint density at radius 3 is 1.48 bits per heavy atom. The van der Waals surface area contributed by atoms with Crippen LogP contribution in [0.1, 0.15) is 5.56 Å². The maximum atomic E-state index is 8.69. The molecule has 0 aliphatic rings. The molecular formula is C23H20N2O2. The van der Waals surface area contributed by atoms with Gasteiger partial charge in [0.1, 0.15) is 11.5 Å². The summed E-state index contributed by atoms with van der Waals surface area (Å²) in [5, 5.41) is 8.69. The highest BCUT2D eigenvalue weighted by atomic mass is 16.5. The average Bonchev–Trinajstić information content (AvgIpc) is 2.74. The van der Waals surface area contributed by atoms with Gasteiger partial charge in [0.15, 0.2) is 0 Å². The first-order valence-electron chi connectivity index (χ1n) is 8.49. The molecule has 3 aromatic carbocycles. The van der Waals surface area contributed by atoms with E-state index in [1.807, 2.05) is 78.9 Å². The molecule has 0 saturated carbocycles. The number of ether oxygens (including phenoxy) is 2. The van der Waals surface area contributed by atoms with Gasteiger partial charge in [-0.15, -0.1) is 0 Å². The number of methoxy groups -OCH3 is 2. The molecule has 4 heteroatoms. The Labute approximate surface area is 159 Å². The first-order valence-corrected chi connectivity index (χ1v) is 8.49. The summed E-state index contributed by atoms with van der Waals surface area (Å²) in [5.74, 6) is 1.62. The maximum Gasteiger partial charge on any atom is 0.119 e. The largest absolute Gasteiger partial charge is 0.497 e. The molecule has 0 saturated heterocycles. The summed E-state index contributed by atoms with van der Waals surface area (Å²) in [5.41, 5.74) is 4.02. The minimum Gasteiger partial charge on any atom is -0.497 e. The van der Waals surface area contributed by atoms with E-state index in [-0.39, 0.29) is 0 Å². The molecule has 0 fully saturated rings. The van der Waals surface area contributed by atoms with Crippen molar-refractivity contribution in [2.24, 2.45) is 0 Å². The first kappa shape index (κ1) is 18.1. The summed E-state index contributed by atoms with van der Waals surface area (Å²) in [4.78, 5) is 2.15.